The highest BCUT2D eigenvalue weighted by Crippen LogP contribution is 2.25. The minimum atomic E-state index is -0.753. The van der Waals surface area contributed by atoms with Crippen molar-refractivity contribution in [3.8, 4) is 10.6 Å². The molecule has 1 aromatic carbocycles. The number of carbonyl (C=O) groups excluding carboxylic acids is 2. The number of rotatable bonds is 3. The topological polar surface area (TPSA) is 80.8 Å². The van der Waals surface area contributed by atoms with Crippen molar-refractivity contribution in [1.82, 2.24) is 15.4 Å². The Kier molecular flexibility index (Phi) is 7.13. The van der Waals surface area contributed by atoms with Crippen LogP contribution in [0.1, 0.15) is 47.2 Å². The number of benzene rings is 1. The van der Waals surface area contributed by atoms with Gasteiger partial charge in [0.05, 0.1) is 12.2 Å². The summed E-state index contributed by atoms with van der Waals surface area (Å²) in [6, 6.07) is 7.31. The molecule has 7 nitrogen and oxygen atoms in total. The van der Waals surface area contributed by atoms with Crippen molar-refractivity contribution in [3.63, 3.8) is 0 Å². The Hall–Kier alpha value is -2.32. The standard InChI is InChI=1S/C20H26ClN3O4S/c1-19(2,3)27-17(25)23-24(18(26)28-20(4,5)6)11-15-12-29-16(22-15)13-7-9-14(21)10-8-13/h7-10,12H,11H2,1-6H3,(H,23,25). The van der Waals surface area contributed by atoms with Crippen molar-refractivity contribution in [2.75, 3.05) is 0 Å². The molecular weight excluding hydrogens is 414 g/mol. The third-order valence-electron chi connectivity index (χ3n) is 3.20. The van der Waals surface area contributed by atoms with E-state index in [1.807, 2.05) is 17.5 Å². The summed E-state index contributed by atoms with van der Waals surface area (Å²) < 4.78 is 10.6. The van der Waals surface area contributed by atoms with Crippen LogP contribution < -0.4 is 5.43 Å². The first kappa shape index (κ1) is 23.0. The lowest BCUT2D eigenvalue weighted by atomic mass is 10.2. The Morgan fingerprint density at radius 2 is 1.66 bits per heavy atom. The maximum atomic E-state index is 12.6. The SMILES string of the molecule is CC(C)(C)OC(=O)NN(Cc1csc(-c2ccc(Cl)cc2)n1)C(=O)OC(C)(C)C. The number of carbonyl (C=O) groups is 2. The Bertz CT molecular complexity index is 854. The van der Waals surface area contributed by atoms with Crippen LogP contribution in [0, 0.1) is 0 Å². The van der Waals surface area contributed by atoms with Gasteiger partial charge in [-0.3, -0.25) is 0 Å². The number of thiazole rings is 1. The molecule has 2 amide bonds. The van der Waals surface area contributed by atoms with Crippen LogP contribution in [0.15, 0.2) is 29.6 Å². The van der Waals surface area contributed by atoms with Crippen LogP contribution >= 0.6 is 22.9 Å². The molecule has 158 valence electrons. The highest BCUT2D eigenvalue weighted by molar-refractivity contribution is 7.13. The van der Waals surface area contributed by atoms with Gasteiger partial charge in [0.1, 0.15) is 16.2 Å². The molecule has 0 saturated heterocycles. The van der Waals surface area contributed by atoms with Crippen LogP contribution in [0.4, 0.5) is 9.59 Å². The summed E-state index contributed by atoms with van der Waals surface area (Å²) in [7, 11) is 0. The van der Waals surface area contributed by atoms with Crippen molar-refractivity contribution in [2.24, 2.45) is 0 Å². The molecular formula is C20H26ClN3O4S. The molecule has 2 aromatic rings. The van der Waals surface area contributed by atoms with E-state index < -0.39 is 23.4 Å². The zero-order valence-electron chi connectivity index (χ0n) is 17.4. The second-order valence-corrected chi connectivity index (χ2v) is 9.63. The molecule has 2 rings (SSSR count). The molecule has 29 heavy (non-hydrogen) atoms. The van der Waals surface area contributed by atoms with E-state index in [0.29, 0.717) is 10.7 Å². The normalized spacial score (nSPS) is 11.7. The van der Waals surface area contributed by atoms with Gasteiger partial charge in [0.25, 0.3) is 0 Å². The van der Waals surface area contributed by atoms with Crippen molar-refractivity contribution in [2.45, 2.75) is 59.3 Å². The second-order valence-electron chi connectivity index (χ2n) is 8.33. The smallest absolute Gasteiger partial charge is 0.429 e. The second kappa shape index (κ2) is 9.00. The molecule has 0 aliphatic carbocycles. The predicted molar refractivity (Wildman–Crippen MR) is 114 cm³/mol. The fourth-order valence-corrected chi connectivity index (χ4v) is 3.09. The van der Waals surface area contributed by atoms with Gasteiger partial charge in [-0.15, -0.1) is 11.3 Å². The van der Waals surface area contributed by atoms with E-state index in [1.165, 1.54) is 11.3 Å². The number of halogens is 1. The van der Waals surface area contributed by atoms with E-state index in [2.05, 4.69) is 10.4 Å². The molecule has 1 aromatic heterocycles. The van der Waals surface area contributed by atoms with Gasteiger partial charge >= 0.3 is 12.2 Å². The van der Waals surface area contributed by atoms with Gasteiger partial charge in [0.2, 0.25) is 0 Å². The van der Waals surface area contributed by atoms with Crippen LogP contribution in [-0.2, 0) is 16.0 Å². The van der Waals surface area contributed by atoms with E-state index in [0.717, 1.165) is 15.6 Å². The molecule has 1 heterocycles. The van der Waals surface area contributed by atoms with Crippen molar-refractivity contribution >= 4 is 35.1 Å². The summed E-state index contributed by atoms with van der Waals surface area (Å²) in [5.74, 6) is 0. The molecule has 1 N–H and O–H groups in total. The Morgan fingerprint density at radius 1 is 1.07 bits per heavy atom. The number of aromatic nitrogens is 1. The van der Waals surface area contributed by atoms with E-state index in [1.54, 1.807) is 53.7 Å². The molecule has 0 aliphatic heterocycles. The highest BCUT2D eigenvalue weighted by Gasteiger charge is 2.26. The summed E-state index contributed by atoms with van der Waals surface area (Å²) in [6.45, 7) is 10.5. The molecule has 0 atom stereocenters. The highest BCUT2D eigenvalue weighted by atomic mass is 35.5. The fourth-order valence-electron chi connectivity index (χ4n) is 2.14. The van der Waals surface area contributed by atoms with Gasteiger partial charge in [-0.2, -0.15) is 0 Å². The minimum Gasteiger partial charge on any atom is -0.443 e. The number of ether oxygens (including phenoxy) is 2. The minimum absolute atomic E-state index is 0.0260. The molecule has 0 fully saturated rings. The quantitative estimate of drug-likeness (QED) is 0.626. The van der Waals surface area contributed by atoms with Crippen LogP contribution in [0.3, 0.4) is 0 Å². The predicted octanol–water partition coefficient (Wildman–Crippen LogP) is 5.64. The van der Waals surface area contributed by atoms with Crippen LogP contribution in [0.5, 0.6) is 0 Å². The summed E-state index contributed by atoms with van der Waals surface area (Å²) in [4.78, 5) is 29.3. The lowest BCUT2D eigenvalue weighted by Gasteiger charge is -2.28. The number of nitrogens with one attached hydrogen (secondary N) is 1. The maximum absolute atomic E-state index is 12.6. The first-order valence-electron chi connectivity index (χ1n) is 9.03. The van der Waals surface area contributed by atoms with Gasteiger partial charge in [-0.1, -0.05) is 23.7 Å². The third kappa shape index (κ3) is 7.91. The Balaban J connectivity index is 2.17. The molecule has 0 bridgehead atoms. The van der Waals surface area contributed by atoms with E-state index in [-0.39, 0.29) is 6.54 Å². The van der Waals surface area contributed by atoms with E-state index in [9.17, 15) is 9.59 Å². The molecule has 0 saturated carbocycles. The first-order valence-corrected chi connectivity index (χ1v) is 10.3. The van der Waals surface area contributed by atoms with Crippen LogP contribution in [0.2, 0.25) is 5.02 Å². The molecule has 9 heteroatoms. The molecule has 0 unspecified atom stereocenters. The number of amides is 2. The fraction of sp³-hybridized carbons (Fsp3) is 0.450. The zero-order chi connectivity index (χ0) is 21.8. The summed E-state index contributed by atoms with van der Waals surface area (Å²) in [5.41, 5.74) is 2.53. The zero-order valence-corrected chi connectivity index (χ0v) is 19.0. The average Bonchev–Trinajstić information content (AvgIpc) is 3.00. The number of hydrazine groups is 1. The maximum Gasteiger partial charge on any atom is 0.429 e. The van der Waals surface area contributed by atoms with Crippen LogP contribution in [0.25, 0.3) is 10.6 Å². The van der Waals surface area contributed by atoms with Crippen molar-refractivity contribution in [3.05, 3.63) is 40.4 Å². The Morgan fingerprint density at radius 3 is 2.21 bits per heavy atom. The number of nitrogens with zero attached hydrogens (tertiary/aromatic N) is 2. The molecule has 0 aliphatic rings. The summed E-state index contributed by atoms with van der Waals surface area (Å²) in [5, 5.41) is 4.29. The summed E-state index contributed by atoms with van der Waals surface area (Å²) in [6.07, 6.45) is -1.46. The van der Waals surface area contributed by atoms with Crippen molar-refractivity contribution in [1.29, 1.82) is 0 Å². The van der Waals surface area contributed by atoms with E-state index >= 15 is 0 Å². The Labute approximate surface area is 179 Å². The van der Waals surface area contributed by atoms with E-state index in [4.69, 9.17) is 21.1 Å². The largest absolute Gasteiger partial charge is 0.443 e. The molecule has 0 radical (unpaired) electrons. The lowest BCUT2D eigenvalue weighted by Crippen LogP contribution is -2.49. The summed E-state index contributed by atoms with van der Waals surface area (Å²) >= 11 is 7.36. The van der Waals surface area contributed by atoms with Gasteiger partial charge in [-0.25, -0.2) is 25.0 Å². The monoisotopic (exact) mass is 439 g/mol. The van der Waals surface area contributed by atoms with Gasteiger partial charge in [0.15, 0.2) is 0 Å². The van der Waals surface area contributed by atoms with Gasteiger partial charge in [-0.05, 0) is 53.7 Å². The average molecular weight is 440 g/mol. The third-order valence-corrected chi connectivity index (χ3v) is 4.39. The molecule has 0 spiro atoms. The van der Waals surface area contributed by atoms with Crippen molar-refractivity contribution < 1.29 is 19.1 Å². The van der Waals surface area contributed by atoms with Crippen LogP contribution in [-0.4, -0.2) is 33.4 Å². The lowest BCUT2D eigenvalue weighted by molar-refractivity contribution is -0.000881. The van der Waals surface area contributed by atoms with Gasteiger partial charge in [0, 0.05) is 16.0 Å². The number of hydrogen-bond donors (Lipinski definition) is 1. The van der Waals surface area contributed by atoms with Gasteiger partial charge < -0.3 is 9.47 Å². The number of hydrogen-bond acceptors (Lipinski definition) is 6. The first-order chi connectivity index (χ1) is 13.3.